The van der Waals surface area contributed by atoms with Gasteiger partial charge in [0.05, 0.1) is 55.4 Å². The smallest absolute Gasteiger partial charge is 0.390 e. The summed E-state index contributed by atoms with van der Waals surface area (Å²) >= 11 is 1.76. The summed E-state index contributed by atoms with van der Waals surface area (Å²) < 4.78 is 48.2. The van der Waals surface area contributed by atoms with Crippen LogP contribution < -0.4 is 16.0 Å². The lowest BCUT2D eigenvalue weighted by Gasteiger charge is -2.32. The molecule has 1 fully saturated rings. The van der Waals surface area contributed by atoms with Crippen LogP contribution in [0.2, 0.25) is 0 Å². The number of rotatable bonds is 40. The second-order valence-corrected chi connectivity index (χ2v) is 24.7. The van der Waals surface area contributed by atoms with E-state index in [9.17, 15) is 28.8 Å². The molecule has 5 rings (SSSR count). The molecule has 0 radical (unpaired) electrons. The Morgan fingerprint density at radius 2 is 1.35 bits per heavy atom. The number of quaternary nitrogens is 2. The van der Waals surface area contributed by atoms with Crippen LogP contribution in [0.1, 0.15) is 120 Å². The summed E-state index contributed by atoms with van der Waals surface area (Å²) in [5.74, 6) is -2.27. The Hall–Kier alpha value is -5.07. The maximum atomic E-state index is 17.7. The molecule has 5 amide bonds. The van der Waals surface area contributed by atoms with Crippen LogP contribution >= 0.6 is 24.1 Å². The van der Waals surface area contributed by atoms with E-state index in [4.69, 9.17) is 15.4 Å². The number of halogens is 2. The number of allylic oxidation sites excluding steroid dienone is 2. The topological polar surface area (TPSA) is 240 Å². The summed E-state index contributed by atoms with van der Waals surface area (Å²) in [7, 11) is 14.4. The zero-order chi connectivity index (χ0) is 59.9. The summed E-state index contributed by atoms with van der Waals surface area (Å²) in [5, 5.41) is 34.2. The van der Waals surface area contributed by atoms with Crippen LogP contribution in [0, 0.1) is 0 Å². The van der Waals surface area contributed by atoms with Crippen molar-refractivity contribution in [2.75, 3.05) is 93.6 Å². The summed E-state index contributed by atoms with van der Waals surface area (Å²) in [6.45, 7) is -1.42. The van der Waals surface area contributed by atoms with Crippen LogP contribution in [0.4, 0.5) is 8.63 Å². The van der Waals surface area contributed by atoms with E-state index in [1.54, 1.807) is 42.5 Å². The number of nitrogens with zero attached hydrogens (tertiary/aromatic N) is 6. The number of hydroxylamine groups is 2. The zero-order valence-corrected chi connectivity index (χ0v) is 50.3. The Labute approximate surface area is 489 Å². The van der Waals surface area contributed by atoms with Crippen molar-refractivity contribution in [1.82, 2.24) is 30.4 Å². The van der Waals surface area contributed by atoms with Gasteiger partial charge in [0.2, 0.25) is 17.7 Å². The second-order valence-electron chi connectivity index (χ2n) is 23.1. The van der Waals surface area contributed by atoms with Gasteiger partial charge in [-0.1, -0.05) is 46.8 Å². The molecule has 2 aromatic rings. The molecule has 0 aliphatic carbocycles. The van der Waals surface area contributed by atoms with E-state index >= 15 is 8.63 Å². The molecule has 0 spiro atoms. The van der Waals surface area contributed by atoms with Gasteiger partial charge in [0.25, 0.3) is 11.8 Å². The molecule has 456 valence electrons. The third kappa shape index (κ3) is 21.8. The average Bonchev–Trinajstić information content (AvgIpc) is 2.21. The first-order valence-electron chi connectivity index (χ1n) is 28.4. The molecular formula is C55H86BF2N9O13S2+2. The molecule has 4 heterocycles. The number of fused-ring (bicyclic) bond motifs is 2. The fourth-order valence-electron chi connectivity index (χ4n) is 10.1. The van der Waals surface area contributed by atoms with Gasteiger partial charge in [-0.05, 0) is 108 Å². The molecule has 1 aromatic heterocycles. The van der Waals surface area contributed by atoms with Crippen LogP contribution in [0.5, 0.6) is 0 Å². The highest BCUT2D eigenvalue weighted by atomic mass is 32.2. The van der Waals surface area contributed by atoms with Crippen LogP contribution in [0.15, 0.2) is 53.7 Å². The minimum absolute atomic E-state index is 0.0316. The maximum absolute atomic E-state index is 17.7. The van der Waals surface area contributed by atoms with Gasteiger partial charge in [-0.2, -0.15) is 0 Å². The third-order valence-electron chi connectivity index (χ3n) is 14.3. The number of imide groups is 1. The number of hydrogen-bond donors (Lipinski definition) is 5. The van der Waals surface area contributed by atoms with E-state index < -0.39 is 48.7 Å². The molecule has 2 atom stereocenters. The lowest BCUT2D eigenvalue weighted by molar-refractivity contribution is -0.870. The summed E-state index contributed by atoms with van der Waals surface area (Å²) in [6, 6.07) is 8.81. The number of unbranched alkanes of at least 4 members (excludes halogenated alkanes) is 4. The van der Waals surface area contributed by atoms with Crippen molar-refractivity contribution >= 4 is 78.3 Å². The normalized spacial score (nSPS) is 15.8. The molecule has 5 N–H and O–H groups in total. The number of aryl methyl sites for hydroxylation is 1. The Morgan fingerprint density at radius 3 is 1.96 bits per heavy atom. The predicted octanol–water partition coefficient (Wildman–Crippen LogP) is 6.70. The lowest BCUT2D eigenvalue weighted by Crippen LogP contribution is -2.54. The van der Waals surface area contributed by atoms with E-state index in [0.29, 0.717) is 132 Å². The number of nitrogens with one attached hydrogen (secondary N) is 3. The largest absolute Gasteiger partial charge is 0.737 e. The standard InChI is InChI=1S/C55H84BF2N9O13S2/c1-62(32-15-9-12-26-53(71)76-65-51(69)29-30-52(65)70)33-31-59-54(72)45(24-13-16-34-66(2,3)4)61-55(73)46(25-14-17-35-67(5,6)7)60-50(68)28-27-44-38-42(22-18-36-81-79-77-74)48-40-49-43(23-19-37-82-80-78-75)39-47(41-20-10-8-11-21-41)64(49)56(57,58)63(44)48/h8,10-11,20-21,38-40,45-46H,9,12-19,22-37H2,1-7H3,(H3-2,59,60,61,68,72,73,74,75)/p+2. The predicted molar refractivity (Wildman–Crippen MR) is 309 cm³/mol. The molecule has 0 bridgehead atoms. The number of carbonyl (C=O) groups excluding carboxylic acids is 6. The lowest BCUT2D eigenvalue weighted by atomic mass is 9.88. The van der Waals surface area contributed by atoms with Crippen molar-refractivity contribution in [3.05, 3.63) is 65.0 Å². The maximum Gasteiger partial charge on any atom is 0.737 e. The van der Waals surface area contributed by atoms with E-state index in [-0.39, 0.29) is 50.1 Å². The third-order valence-corrected chi connectivity index (χ3v) is 15.5. The van der Waals surface area contributed by atoms with Gasteiger partial charge in [0.1, 0.15) is 17.8 Å². The van der Waals surface area contributed by atoms with Crippen molar-refractivity contribution in [1.29, 1.82) is 0 Å². The molecule has 1 saturated heterocycles. The van der Waals surface area contributed by atoms with Crippen molar-refractivity contribution in [3.8, 4) is 11.3 Å². The van der Waals surface area contributed by atoms with Crippen LogP contribution in [-0.2, 0) is 58.8 Å². The van der Waals surface area contributed by atoms with Crippen molar-refractivity contribution in [2.45, 2.75) is 128 Å². The second kappa shape index (κ2) is 33.4. The summed E-state index contributed by atoms with van der Waals surface area (Å²) in [4.78, 5) is 85.3. The van der Waals surface area contributed by atoms with Gasteiger partial charge in [-0.3, -0.25) is 24.0 Å². The average molecular weight is 1190 g/mol. The number of amides is 5. The molecular weight excluding hydrogens is 1110 g/mol. The van der Waals surface area contributed by atoms with E-state index in [1.807, 2.05) is 18.0 Å². The number of hydrogen-bond acceptors (Lipinski definition) is 16. The fraction of sp³-hybridized carbons (Fsp3) is 0.618. The molecule has 82 heavy (non-hydrogen) atoms. The van der Waals surface area contributed by atoms with Gasteiger partial charge in [-0.25, -0.2) is 15.3 Å². The molecule has 1 aromatic carbocycles. The zero-order valence-electron chi connectivity index (χ0n) is 48.7. The first-order valence-corrected chi connectivity index (χ1v) is 30.2. The Morgan fingerprint density at radius 1 is 0.744 bits per heavy atom. The quantitative estimate of drug-likeness (QED) is 0.00888. The minimum Gasteiger partial charge on any atom is -0.390 e. The first kappa shape index (κ1) is 67.7. The van der Waals surface area contributed by atoms with E-state index in [1.165, 1.54) is 0 Å². The van der Waals surface area contributed by atoms with Crippen molar-refractivity contribution < 1.29 is 84.9 Å². The molecule has 3 aliphatic heterocycles. The number of benzene rings is 1. The minimum atomic E-state index is -4.56. The van der Waals surface area contributed by atoms with Crippen LogP contribution in [-0.4, -0.2) is 192 Å². The van der Waals surface area contributed by atoms with Crippen LogP contribution in [0.25, 0.3) is 17.3 Å². The molecule has 3 aliphatic rings. The van der Waals surface area contributed by atoms with Gasteiger partial charge in [0, 0.05) is 110 Å². The molecule has 27 heteroatoms. The molecule has 22 nitrogen and oxygen atoms in total. The monoisotopic (exact) mass is 1190 g/mol. The number of aromatic nitrogens is 1. The van der Waals surface area contributed by atoms with Crippen molar-refractivity contribution in [3.63, 3.8) is 0 Å². The van der Waals surface area contributed by atoms with Gasteiger partial charge in [0.15, 0.2) is 5.70 Å². The van der Waals surface area contributed by atoms with Crippen molar-refractivity contribution in [2.24, 2.45) is 0 Å². The van der Waals surface area contributed by atoms with E-state index in [0.717, 1.165) is 69.9 Å². The number of carbonyl (C=O) groups is 6. The summed E-state index contributed by atoms with van der Waals surface area (Å²) in [6.07, 6.45) is 10.5. The fourth-order valence-corrected chi connectivity index (χ4v) is 10.9. The van der Waals surface area contributed by atoms with Gasteiger partial charge >= 0.3 is 12.9 Å². The molecule has 2 unspecified atom stereocenters. The number of likely N-dealkylation sites (N-methyl/N-ethyl adjacent to an activating group) is 1. The Kier molecular flexibility index (Phi) is 27.6. The highest BCUT2D eigenvalue weighted by Crippen LogP contribution is 2.42. The van der Waals surface area contributed by atoms with E-state index in [2.05, 4.69) is 77.0 Å². The van der Waals surface area contributed by atoms with Gasteiger partial charge < -0.3 is 52.2 Å². The first-order chi connectivity index (χ1) is 39.0. The Bertz CT molecular complexity index is 2550. The van der Waals surface area contributed by atoms with Gasteiger partial charge in [-0.15, -0.1) is 13.7 Å². The van der Waals surface area contributed by atoms with Crippen LogP contribution in [0.3, 0.4) is 0 Å². The SMILES string of the molecule is CN(CCCCCC(=O)ON1C(=O)CCC1=O)CCNC(=O)C(CCCC[N+](C)(C)C)NC(=O)C(CCCC[N+](C)(C)C)NC(=O)CCC1=[N+]2C(=Cc3c(CCCSOOO)cc(-c4ccccc4)n3[B-]2(F)F)C(CCCSOOO)=C1. The summed E-state index contributed by atoms with van der Waals surface area (Å²) in [5.41, 5.74) is 3.13. The molecule has 0 saturated carbocycles. The Balaban J connectivity index is 1.30. The highest BCUT2D eigenvalue weighted by molar-refractivity contribution is 7.94. The highest BCUT2D eigenvalue weighted by Gasteiger charge is 2.54.